The number of aryl methyl sites for hydroxylation is 1. The van der Waals surface area contributed by atoms with Gasteiger partial charge in [0.1, 0.15) is 5.75 Å². The summed E-state index contributed by atoms with van der Waals surface area (Å²) >= 11 is 0. The Morgan fingerprint density at radius 3 is 2.54 bits per heavy atom. The van der Waals surface area contributed by atoms with E-state index < -0.39 is 16.8 Å². The predicted octanol–water partition coefficient (Wildman–Crippen LogP) is 1.77. The summed E-state index contributed by atoms with van der Waals surface area (Å²) in [6.45, 7) is 1.67. The van der Waals surface area contributed by atoms with Crippen molar-refractivity contribution in [1.29, 1.82) is 0 Å². The monoisotopic (exact) mass is 358 g/mol. The fourth-order valence-corrected chi connectivity index (χ4v) is 3.30. The Balaban J connectivity index is 1.98. The first kappa shape index (κ1) is 16.1. The lowest BCUT2D eigenvalue weighted by molar-refractivity contribution is -0.385. The number of nitro groups is 1. The average Bonchev–Trinajstić information content (AvgIpc) is 3.05. The summed E-state index contributed by atoms with van der Waals surface area (Å²) in [4.78, 5) is 35.9. The first-order chi connectivity index (χ1) is 12.4. The summed E-state index contributed by atoms with van der Waals surface area (Å²) in [5.41, 5.74) is 0.465. The zero-order valence-electron chi connectivity index (χ0n) is 14.0. The number of nitro benzene ring substituents is 1. The number of aromatic nitrogens is 1. The molecule has 9 heteroatoms. The molecule has 0 saturated carbocycles. The number of benzene rings is 1. The van der Waals surface area contributed by atoms with Crippen molar-refractivity contribution in [1.82, 2.24) is 4.57 Å². The molecule has 0 amide bonds. The lowest BCUT2D eigenvalue weighted by atomic mass is 9.85. The molecule has 2 aliphatic heterocycles. The van der Waals surface area contributed by atoms with Crippen LogP contribution in [0.4, 0.5) is 5.69 Å². The van der Waals surface area contributed by atoms with Crippen LogP contribution in [-0.2, 0) is 11.8 Å². The van der Waals surface area contributed by atoms with Crippen LogP contribution < -0.4 is 19.8 Å². The summed E-state index contributed by atoms with van der Waals surface area (Å²) in [5.74, 6) is -0.618. The topological polar surface area (TPSA) is 110 Å². The second-order valence-electron chi connectivity index (χ2n) is 6.18. The second kappa shape index (κ2) is 5.58. The Labute approximate surface area is 146 Å². The van der Waals surface area contributed by atoms with E-state index >= 15 is 0 Å². The maximum atomic E-state index is 12.8. The van der Waals surface area contributed by atoms with E-state index in [0.717, 1.165) is 0 Å². The van der Waals surface area contributed by atoms with Crippen molar-refractivity contribution in [2.75, 3.05) is 6.79 Å². The van der Waals surface area contributed by atoms with Gasteiger partial charge in [-0.05, 0) is 13.0 Å². The number of fused-ring (bicyclic) bond motifs is 2. The van der Waals surface area contributed by atoms with E-state index in [2.05, 4.69) is 0 Å². The van der Waals surface area contributed by atoms with Crippen molar-refractivity contribution < 1.29 is 23.9 Å². The Morgan fingerprint density at radius 1 is 1.15 bits per heavy atom. The van der Waals surface area contributed by atoms with E-state index in [0.29, 0.717) is 11.4 Å². The van der Waals surface area contributed by atoms with Crippen LogP contribution in [0, 0.1) is 17.0 Å². The SMILES string of the molecule is Cc1cc2c(c(=O)n1C)C(c1cc3c(cc1[N+](=O)[O-])OCO3)CC(=O)O2. The van der Waals surface area contributed by atoms with Crippen LogP contribution in [-0.4, -0.2) is 22.3 Å². The van der Waals surface area contributed by atoms with E-state index in [9.17, 15) is 19.7 Å². The van der Waals surface area contributed by atoms with Gasteiger partial charge in [0, 0.05) is 30.3 Å². The molecular formula is C17H14N2O7. The Bertz CT molecular complexity index is 1020. The largest absolute Gasteiger partial charge is 0.454 e. The maximum Gasteiger partial charge on any atom is 0.312 e. The second-order valence-corrected chi connectivity index (χ2v) is 6.18. The summed E-state index contributed by atoms with van der Waals surface area (Å²) < 4.78 is 17.1. The standard InChI is InChI=1S/C17H14N2O7/c1-8-3-14-16(17(21)18(8)2)10(5-15(20)26-14)9-4-12-13(25-7-24-12)6-11(9)19(22)23/h3-4,6,10H,5,7H2,1-2H3. The van der Waals surface area contributed by atoms with Crippen LogP contribution in [0.15, 0.2) is 23.0 Å². The molecule has 0 fully saturated rings. The predicted molar refractivity (Wildman–Crippen MR) is 87.7 cm³/mol. The number of nitrogens with zero attached hydrogens (tertiary/aromatic N) is 2. The fourth-order valence-electron chi connectivity index (χ4n) is 3.30. The van der Waals surface area contributed by atoms with E-state index in [4.69, 9.17) is 14.2 Å². The molecule has 2 aromatic rings. The molecule has 3 heterocycles. The molecule has 0 saturated heterocycles. The molecule has 26 heavy (non-hydrogen) atoms. The van der Waals surface area contributed by atoms with Crippen LogP contribution in [0.2, 0.25) is 0 Å². The number of ether oxygens (including phenoxy) is 3. The van der Waals surface area contributed by atoms with Gasteiger partial charge in [0.15, 0.2) is 11.5 Å². The van der Waals surface area contributed by atoms with E-state index in [1.54, 1.807) is 20.0 Å². The van der Waals surface area contributed by atoms with Crippen molar-refractivity contribution in [2.45, 2.75) is 19.3 Å². The smallest absolute Gasteiger partial charge is 0.312 e. The molecule has 2 aliphatic rings. The third kappa shape index (κ3) is 2.32. The molecular weight excluding hydrogens is 344 g/mol. The van der Waals surface area contributed by atoms with Gasteiger partial charge < -0.3 is 18.8 Å². The van der Waals surface area contributed by atoms with Crippen LogP contribution in [0.5, 0.6) is 17.2 Å². The van der Waals surface area contributed by atoms with Gasteiger partial charge >= 0.3 is 5.97 Å². The van der Waals surface area contributed by atoms with Crippen molar-refractivity contribution in [3.05, 3.63) is 55.5 Å². The van der Waals surface area contributed by atoms with Crippen LogP contribution in [0.1, 0.15) is 29.2 Å². The Morgan fingerprint density at radius 2 is 1.85 bits per heavy atom. The Hall–Kier alpha value is -3.36. The molecule has 0 bridgehead atoms. The molecule has 0 radical (unpaired) electrons. The molecule has 0 N–H and O–H groups in total. The maximum absolute atomic E-state index is 12.8. The highest BCUT2D eigenvalue weighted by Gasteiger charge is 2.37. The van der Waals surface area contributed by atoms with Gasteiger partial charge in [-0.2, -0.15) is 0 Å². The quantitative estimate of drug-likeness (QED) is 0.457. The van der Waals surface area contributed by atoms with Gasteiger partial charge in [0.2, 0.25) is 6.79 Å². The van der Waals surface area contributed by atoms with Crippen LogP contribution in [0.25, 0.3) is 0 Å². The number of pyridine rings is 1. The molecule has 9 nitrogen and oxygen atoms in total. The van der Waals surface area contributed by atoms with Crippen molar-refractivity contribution in [3.63, 3.8) is 0 Å². The highest BCUT2D eigenvalue weighted by Crippen LogP contribution is 2.45. The average molecular weight is 358 g/mol. The third-order valence-corrected chi connectivity index (χ3v) is 4.71. The Kier molecular flexibility index (Phi) is 3.46. The summed E-state index contributed by atoms with van der Waals surface area (Å²) in [5, 5.41) is 11.6. The highest BCUT2D eigenvalue weighted by atomic mass is 16.7. The fraction of sp³-hybridized carbons (Fsp3) is 0.294. The number of rotatable bonds is 2. The van der Waals surface area contributed by atoms with Crippen molar-refractivity contribution >= 4 is 11.7 Å². The molecule has 134 valence electrons. The van der Waals surface area contributed by atoms with Gasteiger partial charge in [-0.1, -0.05) is 0 Å². The highest BCUT2D eigenvalue weighted by molar-refractivity contribution is 5.78. The zero-order valence-corrected chi connectivity index (χ0v) is 14.0. The van der Waals surface area contributed by atoms with E-state index in [1.165, 1.54) is 16.7 Å². The minimum Gasteiger partial charge on any atom is -0.454 e. The van der Waals surface area contributed by atoms with Gasteiger partial charge in [0.05, 0.1) is 23.0 Å². The van der Waals surface area contributed by atoms with Crippen molar-refractivity contribution in [2.24, 2.45) is 7.05 Å². The normalized spacial score (nSPS) is 17.6. The molecule has 1 unspecified atom stereocenters. The van der Waals surface area contributed by atoms with Gasteiger partial charge in [-0.15, -0.1) is 0 Å². The van der Waals surface area contributed by atoms with Gasteiger partial charge in [0.25, 0.3) is 11.2 Å². The first-order valence-corrected chi connectivity index (χ1v) is 7.86. The number of hydrogen-bond donors (Lipinski definition) is 0. The molecule has 1 aromatic carbocycles. The number of carbonyl (C=O) groups excluding carboxylic acids is 1. The van der Waals surface area contributed by atoms with Crippen LogP contribution in [0.3, 0.4) is 0 Å². The lowest BCUT2D eigenvalue weighted by Crippen LogP contribution is -2.32. The molecule has 1 aromatic heterocycles. The minimum absolute atomic E-state index is 0.0415. The number of carbonyl (C=O) groups is 1. The first-order valence-electron chi connectivity index (χ1n) is 7.86. The summed E-state index contributed by atoms with van der Waals surface area (Å²) in [7, 11) is 1.60. The van der Waals surface area contributed by atoms with E-state index in [-0.39, 0.29) is 47.1 Å². The summed E-state index contributed by atoms with van der Waals surface area (Å²) in [6, 6.07) is 4.31. The lowest BCUT2D eigenvalue weighted by Gasteiger charge is -2.25. The van der Waals surface area contributed by atoms with Crippen molar-refractivity contribution in [3.8, 4) is 17.2 Å². The third-order valence-electron chi connectivity index (χ3n) is 4.71. The minimum atomic E-state index is -0.805. The summed E-state index contributed by atoms with van der Waals surface area (Å²) in [6.07, 6.45) is -0.175. The molecule has 1 atom stereocenters. The van der Waals surface area contributed by atoms with Gasteiger partial charge in [-0.25, -0.2) is 0 Å². The van der Waals surface area contributed by atoms with Crippen LogP contribution >= 0.6 is 0 Å². The van der Waals surface area contributed by atoms with Gasteiger partial charge in [-0.3, -0.25) is 19.7 Å². The number of hydrogen-bond acceptors (Lipinski definition) is 7. The molecule has 0 spiro atoms. The molecule has 4 rings (SSSR count). The molecule has 0 aliphatic carbocycles. The number of esters is 1. The van der Waals surface area contributed by atoms with E-state index in [1.807, 2.05) is 0 Å². The zero-order chi connectivity index (χ0) is 18.6.